The lowest BCUT2D eigenvalue weighted by Gasteiger charge is -1.96. The topological polar surface area (TPSA) is 43.1 Å². The van der Waals surface area contributed by atoms with Gasteiger partial charge in [0.05, 0.1) is 4.88 Å². The summed E-state index contributed by atoms with van der Waals surface area (Å²) in [5.41, 5.74) is 6.44. The second-order valence-electron chi connectivity index (χ2n) is 3.29. The van der Waals surface area contributed by atoms with Gasteiger partial charge in [-0.1, -0.05) is 30.3 Å². The lowest BCUT2D eigenvalue weighted by molar-refractivity contribution is 0.100. The van der Waals surface area contributed by atoms with Crippen molar-refractivity contribution in [3.05, 3.63) is 57.8 Å². The maximum absolute atomic E-state index is 10.9. The summed E-state index contributed by atoms with van der Waals surface area (Å²) in [6.07, 6.45) is 0.860. The predicted octanol–water partition coefficient (Wildman–Crippen LogP) is 2.44. The van der Waals surface area contributed by atoms with Crippen LogP contribution < -0.4 is 5.73 Å². The van der Waals surface area contributed by atoms with Crippen molar-refractivity contribution in [3.63, 3.8) is 0 Å². The van der Waals surface area contributed by atoms with Gasteiger partial charge >= 0.3 is 0 Å². The fourth-order valence-corrected chi connectivity index (χ4v) is 2.30. The molecule has 76 valence electrons. The van der Waals surface area contributed by atoms with Gasteiger partial charge in [0.25, 0.3) is 5.91 Å². The molecule has 1 aromatic carbocycles. The molecule has 15 heavy (non-hydrogen) atoms. The van der Waals surface area contributed by atoms with Gasteiger partial charge in [0.2, 0.25) is 0 Å². The average Bonchev–Trinajstić information content (AvgIpc) is 2.68. The van der Waals surface area contributed by atoms with E-state index in [0.717, 1.165) is 11.3 Å². The van der Waals surface area contributed by atoms with Crippen LogP contribution in [0, 0.1) is 0 Å². The SMILES string of the molecule is NC(=O)c1ccc(Cc2ccccc2)s1. The van der Waals surface area contributed by atoms with Crippen LogP contribution in [-0.2, 0) is 6.42 Å². The van der Waals surface area contributed by atoms with E-state index in [-0.39, 0.29) is 5.91 Å². The predicted molar refractivity (Wildman–Crippen MR) is 62.1 cm³/mol. The van der Waals surface area contributed by atoms with Crippen LogP contribution in [0.5, 0.6) is 0 Å². The molecule has 1 amide bonds. The smallest absolute Gasteiger partial charge is 0.258 e. The number of primary amides is 1. The van der Waals surface area contributed by atoms with Crippen LogP contribution in [0.4, 0.5) is 0 Å². The average molecular weight is 217 g/mol. The van der Waals surface area contributed by atoms with Gasteiger partial charge in [0.1, 0.15) is 0 Å². The Hall–Kier alpha value is -1.61. The Morgan fingerprint density at radius 2 is 1.87 bits per heavy atom. The molecule has 0 aliphatic carbocycles. The van der Waals surface area contributed by atoms with E-state index in [0.29, 0.717) is 4.88 Å². The summed E-state index contributed by atoms with van der Waals surface area (Å²) in [5, 5.41) is 0. The minimum Gasteiger partial charge on any atom is -0.365 e. The number of hydrogen-bond acceptors (Lipinski definition) is 2. The Bertz CT molecular complexity index is 461. The number of nitrogens with two attached hydrogens (primary N) is 1. The summed E-state index contributed by atoms with van der Waals surface area (Å²) in [4.78, 5) is 12.7. The molecule has 0 unspecified atom stereocenters. The molecule has 0 aliphatic rings. The minimum atomic E-state index is -0.348. The van der Waals surface area contributed by atoms with Crippen molar-refractivity contribution in [2.24, 2.45) is 5.73 Å². The Balaban J connectivity index is 2.15. The van der Waals surface area contributed by atoms with E-state index in [1.165, 1.54) is 16.9 Å². The van der Waals surface area contributed by atoms with Gasteiger partial charge in [0, 0.05) is 11.3 Å². The van der Waals surface area contributed by atoms with Crippen LogP contribution in [-0.4, -0.2) is 5.91 Å². The van der Waals surface area contributed by atoms with Crippen LogP contribution in [0.2, 0.25) is 0 Å². The van der Waals surface area contributed by atoms with E-state index in [2.05, 4.69) is 12.1 Å². The van der Waals surface area contributed by atoms with Crippen LogP contribution in [0.15, 0.2) is 42.5 Å². The molecule has 0 saturated heterocycles. The van der Waals surface area contributed by atoms with E-state index >= 15 is 0 Å². The highest BCUT2D eigenvalue weighted by molar-refractivity contribution is 7.14. The Kier molecular flexibility index (Phi) is 2.83. The van der Waals surface area contributed by atoms with Crippen LogP contribution >= 0.6 is 11.3 Å². The molecule has 0 radical (unpaired) electrons. The lowest BCUT2D eigenvalue weighted by atomic mass is 10.1. The first kappa shape index (κ1) is 9.93. The second-order valence-corrected chi connectivity index (χ2v) is 4.46. The fourth-order valence-electron chi connectivity index (χ4n) is 1.40. The first-order valence-electron chi connectivity index (χ1n) is 4.68. The molecule has 0 atom stereocenters. The molecule has 0 spiro atoms. The van der Waals surface area contributed by atoms with Gasteiger partial charge in [-0.3, -0.25) is 4.79 Å². The van der Waals surface area contributed by atoms with Crippen molar-refractivity contribution in [2.45, 2.75) is 6.42 Å². The Morgan fingerprint density at radius 3 is 2.47 bits per heavy atom. The molecule has 0 fully saturated rings. The van der Waals surface area contributed by atoms with Gasteiger partial charge < -0.3 is 5.73 Å². The van der Waals surface area contributed by atoms with Gasteiger partial charge in [-0.25, -0.2) is 0 Å². The highest BCUT2D eigenvalue weighted by Gasteiger charge is 2.05. The van der Waals surface area contributed by atoms with Crippen molar-refractivity contribution in [2.75, 3.05) is 0 Å². The normalized spacial score (nSPS) is 10.1. The summed E-state index contributed by atoms with van der Waals surface area (Å²) < 4.78 is 0. The maximum atomic E-state index is 10.9. The molecule has 2 nitrogen and oxygen atoms in total. The number of carbonyl (C=O) groups excluding carboxylic acids is 1. The van der Waals surface area contributed by atoms with E-state index in [4.69, 9.17) is 5.73 Å². The molecule has 0 bridgehead atoms. The number of amides is 1. The minimum absolute atomic E-state index is 0.348. The zero-order chi connectivity index (χ0) is 10.7. The van der Waals surface area contributed by atoms with Gasteiger partial charge in [-0.15, -0.1) is 11.3 Å². The van der Waals surface area contributed by atoms with E-state index in [1.807, 2.05) is 24.3 Å². The highest BCUT2D eigenvalue weighted by Crippen LogP contribution is 2.19. The van der Waals surface area contributed by atoms with Crippen LogP contribution in [0.25, 0.3) is 0 Å². The number of carbonyl (C=O) groups is 1. The van der Waals surface area contributed by atoms with E-state index in [1.54, 1.807) is 6.07 Å². The molecular formula is C12H11NOS. The molecule has 3 heteroatoms. The number of benzene rings is 1. The first-order chi connectivity index (χ1) is 7.25. The monoisotopic (exact) mass is 217 g/mol. The highest BCUT2D eigenvalue weighted by atomic mass is 32.1. The molecule has 1 aromatic heterocycles. The molecule has 1 heterocycles. The Morgan fingerprint density at radius 1 is 1.13 bits per heavy atom. The number of rotatable bonds is 3. The standard InChI is InChI=1S/C12H11NOS/c13-12(14)11-7-6-10(15-11)8-9-4-2-1-3-5-9/h1-7H,8H2,(H2,13,14). The lowest BCUT2D eigenvalue weighted by Crippen LogP contribution is -2.08. The van der Waals surface area contributed by atoms with Gasteiger partial charge in [0.15, 0.2) is 0 Å². The summed E-state index contributed by atoms with van der Waals surface area (Å²) in [7, 11) is 0. The molecular weight excluding hydrogens is 206 g/mol. The zero-order valence-corrected chi connectivity index (χ0v) is 8.96. The van der Waals surface area contributed by atoms with Crippen molar-refractivity contribution >= 4 is 17.2 Å². The van der Waals surface area contributed by atoms with Crippen molar-refractivity contribution in [1.82, 2.24) is 0 Å². The van der Waals surface area contributed by atoms with E-state index < -0.39 is 0 Å². The van der Waals surface area contributed by atoms with Crippen LogP contribution in [0.3, 0.4) is 0 Å². The third-order valence-corrected chi connectivity index (χ3v) is 3.23. The third-order valence-electron chi connectivity index (χ3n) is 2.13. The zero-order valence-electron chi connectivity index (χ0n) is 8.14. The first-order valence-corrected chi connectivity index (χ1v) is 5.50. The summed E-state index contributed by atoms with van der Waals surface area (Å²) in [6, 6.07) is 13.9. The molecule has 0 saturated carbocycles. The third kappa shape index (κ3) is 2.44. The fraction of sp³-hybridized carbons (Fsp3) is 0.0833. The summed E-state index contributed by atoms with van der Waals surface area (Å²) in [6.45, 7) is 0. The summed E-state index contributed by atoms with van der Waals surface area (Å²) >= 11 is 1.46. The van der Waals surface area contributed by atoms with Crippen molar-refractivity contribution in [3.8, 4) is 0 Å². The largest absolute Gasteiger partial charge is 0.365 e. The molecule has 0 aliphatic heterocycles. The van der Waals surface area contributed by atoms with E-state index in [9.17, 15) is 4.79 Å². The molecule has 2 N–H and O–H groups in total. The van der Waals surface area contributed by atoms with Crippen molar-refractivity contribution < 1.29 is 4.79 Å². The number of hydrogen-bond donors (Lipinski definition) is 1. The molecule has 2 aromatic rings. The summed E-state index contributed by atoms with van der Waals surface area (Å²) in [5.74, 6) is -0.348. The van der Waals surface area contributed by atoms with Gasteiger partial charge in [-0.2, -0.15) is 0 Å². The Labute approximate surface area is 92.4 Å². The molecule has 2 rings (SSSR count). The number of thiophene rings is 1. The van der Waals surface area contributed by atoms with Crippen molar-refractivity contribution in [1.29, 1.82) is 0 Å². The van der Waals surface area contributed by atoms with Crippen LogP contribution in [0.1, 0.15) is 20.1 Å². The maximum Gasteiger partial charge on any atom is 0.258 e. The van der Waals surface area contributed by atoms with Gasteiger partial charge in [-0.05, 0) is 17.7 Å². The second kappa shape index (κ2) is 4.28. The quantitative estimate of drug-likeness (QED) is 0.843.